The van der Waals surface area contributed by atoms with Crippen LogP contribution in [0.1, 0.15) is 12.8 Å². The molecule has 1 aliphatic heterocycles. The Hall–Kier alpha value is -2.80. The highest BCUT2D eigenvalue weighted by molar-refractivity contribution is 6.37. The summed E-state index contributed by atoms with van der Waals surface area (Å²) in [6, 6.07) is 7.41. The summed E-state index contributed by atoms with van der Waals surface area (Å²) >= 11 is 6.65. The maximum atomic E-state index is 14.4. The molecule has 0 spiro atoms. The normalized spacial score (nSPS) is 14.5. The van der Waals surface area contributed by atoms with Gasteiger partial charge in [-0.2, -0.15) is 10.2 Å². The van der Waals surface area contributed by atoms with Gasteiger partial charge in [0, 0.05) is 50.1 Å². The fourth-order valence-corrected chi connectivity index (χ4v) is 4.29. The lowest BCUT2D eigenvalue weighted by Gasteiger charge is -2.18. The van der Waals surface area contributed by atoms with Crippen molar-refractivity contribution in [3.8, 4) is 0 Å². The quantitative estimate of drug-likeness (QED) is 0.548. The highest BCUT2D eigenvalue weighted by atomic mass is 35.5. The van der Waals surface area contributed by atoms with Crippen LogP contribution in [0.4, 0.5) is 21.6 Å². The van der Waals surface area contributed by atoms with Crippen LogP contribution in [-0.4, -0.2) is 32.7 Å². The summed E-state index contributed by atoms with van der Waals surface area (Å²) in [4.78, 5) is 2.34. The van der Waals surface area contributed by atoms with Crippen LogP contribution >= 0.6 is 11.6 Å². The van der Waals surface area contributed by atoms with Crippen LogP contribution in [0.25, 0.3) is 21.8 Å². The van der Waals surface area contributed by atoms with E-state index in [1.54, 1.807) is 17.9 Å². The molecule has 3 heterocycles. The number of aryl methyl sites for hydroxylation is 2. The SMILES string of the molecule is Cn1cc2cc(Nc3nn(C)c4cc(N5CCCC5)cc(Cl)c34)cc(F)c2n1. The van der Waals surface area contributed by atoms with Gasteiger partial charge in [0.05, 0.1) is 15.9 Å². The summed E-state index contributed by atoms with van der Waals surface area (Å²) in [5.74, 6) is 0.237. The Morgan fingerprint density at radius 1 is 1.07 bits per heavy atom. The summed E-state index contributed by atoms with van der Waals surface area (Å²) in [6.07, 6.45) is 4.20. The largest absolute Gasteiger partial charge is 0.371 e. The van der Waals surface area contributed by atoms with Gasteiger partial charge >= 0.3 is 0 Å². The smallest absolute Gasteiger partial charge is 0.161 e. The van der Waals surface area contributed by atoms with Crippen LogP contribution in [0.2, 0.25) is 5.02 Å². The Morgan fingerprint density at radius 3 is 2.64 bits per heavy atom. The first-order valence-corrected chi connectivity index (χ1v) is 9.68. The minimum absolute atomic E-state index is 0.354. The Labute approximate surface area is 166 Å². The van der Waals surface area contributed by atoms with E-state index in [1.165, 1.54) is 18.9 Å². The number of aromatic nitrogens is 4. The van der Waals surface area contributed by atoms with E-state index >= 15 is 0 Å². The molecule has 1 saturated heterocycles. The second-order valence-electron chi connectivity index (χ2n) is 7.31. The molecule has 0 atom stereocenters. The lowest BCUT2D eigenvalue weighted by Crippen LogP contribution is -2.17. The first-order valence-electron chi connectivity index (χ1n) is 9.31. The summed E-state index contributed by atoms with van der Waals surface area (Å²) in [5.41, 5.74) is 3.03. The first kappa shape index (κ1) is 17.3. The molecular formula is C20H20ClFN6. The molecular weight excluding hydrogens is 379 g/mol. The van der Waals surface area contributed by atoms with Crippen molar-refractivity contribution in [1.82, 2.24) is 19.6 Å². The molecule has 0 bridgehead atoms. The second-order valence-corrected chi connectivity index (χ2v) is 7.72. The van der Waals surface area contributed by atoms with Gasteiger partial charge in [-0.25, -0.2) is 4.39 Å². The summed E-state index contributed by atoms with van der Waals surface area (Å²) in [7, 11) is 3.67. The van der Waals surface area contributed by atoms with E-state index in [9.17, 15) is 4.39 Å². The number of benzene rings is 2. The Kier molecular flexibility index (Phi) is 3.94. The van der Waals surface area contributed by atoms with Gasteiger partial charge in [-0.05, 0) is 37.1 Å². The summed E-state index contributed by atoms with van der Waals surface area (Å²) in [5, 5.41) is 14.2. The van der Waals surface area contributed by atoms with Crippen molar-refractivity contribution in [2.75, 3.05) is 23.3 Å². The monoisotopic (exact) mass is 398 g/mol. The highest BCUT2D eigenvalue weighted by Crippen LogP contribution is 2.36. The van der Waals surface area contributed by atoms with E-state index in [2.05, 4.69) is 26.5 Å². The number of rotatable bonds is 3. The fourth-order valence-electron chi connectivity index (χ4n) is 3.99. The van der Waals surface area contributed by atoms with E-state index in [-0.39, 0.29) is 5.82 Å². The van der Waals surface area contributed by atoms with Gasteiger partial charge in [-0.3, -0.25) is 9.36 Å². The van der Waals surface area contributed by atoms with Crippen LogP contribution in [0.15, 0.2) is 30.5 Å². The molecule has 2 aromatic carbocycles. The maximum Gasteiger partial charge on any atom is 0.161 e. The predicted molar refractivity (Wildman–Crippen MR) is 111 cm³/mol. The van der Waals surface area contributed by atoms with Gasteiger partial charge in [-0.1, -0.05) is 11.6 Å². The maximum absolute atomic E-state index is 14.4. The molecule has 144 valence electrons. The molecule has 0 radical (unpaired) electrons. The molecule has 0 amide bonds. The third-order valence-corrected chi connectivity index (χ3v) is 5.60. The molecule has 5 rings (SSSR count). The zero-order valence-corrected chi connectivity index (χ0v) is 16.5. The van der Waals surface area contributed by atoms with Crippen molar-refractivity contribution in [3.63, 3.8) is 0 Å². The number of halogens is 2. The standard InChI is InChI=1S/C20H20ClFN6/c1-26-11-12-7-13(8-16(22)19(12)24-26)23-20-18-15(21)9-14(28-5-3-4-6-28)10-17(18)27(2)25-20/h7-11H,3-6H2,1-2H3,(H,23,25). The van der Waals surface area contributed by atoms with E-state index in [0.29, 0.717) is 22.0 Å². The van der Waals surface area contributed by atoms with Gasteiger partial charge in [-0.15, -0.1) is 0 Å². The molecule has 0 unspecified atom stereocenters. The average Bonchev–Trinajstić information content (AvgIpc) is 3.35. The Morgan fingerprint density at radius 2 is 1.86 bits per heavy atom. The van der Waals surface area contributed by atoms with Crippen molar-refractivity contribution >= 4 is 50.6 Å². The molecule has 1 N–H and O–H groups in total. The highest BCUT2D eigenvalue weighted by Gasteiger charge is 2.19. The molecule has 4 aromatic rings. The molecule has 2 aromatic heterocycles. The molecule has 1 fully saturated rings. The topological polar surface area (TPSA) is 50.9 Å². The third kappa shape index (κ3) is 2.77. The average molecular weight is 399 g/mol. The minimum Gasteiger partial charge on any atom is -0.371 e. The van der Waals surface area contributed by atoms with Crippen molar-refractivity contribution in [2.24, 2.45) is 14.1 Å². The molecule has 0 saturated carbocycles. The van der Waals surface area contributed by atoms with E-state index in [0.717, 1.165) is 35.1 Å². The van der Waals surface area contributed by atoms with Crippen molar-refractivity contribution in [3.05, 3.63) is 41.3 Å². The zero-order chi connectivity index (χ0) is 19.4. The molecule has 28 heavy (non-hydrogen) atoms. The van der Waals surface area contributed by atoms with E-state index < -0.39 is 0 Å². The predicted octanol–water partition coefficient (Wildman–Crippen LogP) is 4.60. The van der Waals surface area contributed by atoms with Gasteiger partial charge < -0.3 is 10.2 Å². The Bertz CT molecular complexity index is 1200. The molecule has 0 aliphatic carbocycles. The van der Waals surface area contributed by atoms with Crippen LogP contribution in [0.3, 0.4) is 0 Å². The van der Waals surface area contributed by atoms with Crippen molar-refractivity contribution < 1.29 is 4.39 Å². The van der Waals surface area contributed by atoms with Crippen LogP contribution in [0, 0.1) is 5.82 Å². The number of nitrogens with zero attached hydrogens (tertiary/aromatic N) is 5. The first-order chi connectivity index (χ1) is 13.5. The van der Waals surface area contributed by atoms with Crippen molar-refractivity contribution in [2.45, 2.75) is 12.8 Å². The fraction of sp³-hybridized carbons (Fsp3) is 0.300. The number of anilines is 3. The number of fused-ring (bicyclic) bond motifs is 2. The van der Waals surface area contributed by atoms with E-state index in [4.69, 9.17) is 11.6 Å². The van der Waals surface area contributed by atoms with Gasteiger partial charge in [0.1, 0.15) is 5.52 Å². The van der Waals surface area contributed by atoms with Crippen LogP contribution in [0.5, 0.6) is 0 Å². The van der Waals surface area contributed by atoms with Gasteiger partial charge in [0.2, 0.25) is 0 Å². The van der Waals surface area contributed by atoms with E-state index in [1.807, 2.05) is 23.9 Å². The number of hydrogen-bond donors (Lipinski definition) is 1. The number of nitrogens with one attached hydrogen (secondary N) is 1. The lowest BCUT2D eigenvalue weighted by atomic mass is 10.2. The zero-order valence-electron chi connectivity index (χ0n) is 15.7. The molecule has 1 aliphatic rings. The molecule has 6 nitrogen and oxygen atoms in total. The Balaban J connectivity index is 1.58. The minimum atomic E-state index is -0.372. The number of hydrogen-bond acceptors (Lipinski definition) is 4. The molecule has 8 heteroatoms. The third-order valence-electron chi connectivity index (χ3n) is 5.30. The lowest BCUT2D eigenvalue weighted by molar-refractivity contribution is 0.633. The van der Waals surface area contributed by atoms with Gasteiger partial charge in [0.25, 0.3) is 0 Å². The summed E-state index contributed by atoms with van der Waals surface area (Å²) in [6.45, 7) is 2.10. The van der Waals surface area contributed by atoms with Gasteiger partial charge in [0.15, 0.2) is 11.6 Å². The second kappa shape index (κ2) is 6.38. The van der Waals surface area contributed by atoms with Crippen LogP contribution in [-0.2, 0) is 14.1 Å². The van der Waals surface area contributed by atoms with Crippen molar-refractivity contribution in [1.29, 1.82) is 0 Å². The summed E-state index contributed by atoms with van der Waals surface area (Å²) < 4.78 is 17.8. The van der Waals surface area contributed by atoms with Crippen LogP contribution < -0.4 is 10.2 Å².